The molecule has 1 N–H and O–H groups in total. The van der Waals surface area contributed by atoms with Gasteiger partial charge in [0.15, 0.2) is 11.5 Å². The minimum absolute atomic E-state index is 0.0383. The SMILES string of the molecule is CCOc1cc(/C=N\NC(=O)c2cc3cc([N+](=O)[O-])ccc3s2)c(Br)cc1OCc1cccc(F)c1. The van der Waals surface area contributed by atoms with Gasteiger partial charge in [-0.15, -0.1) is 11.3 Å². The summed E-state index contributed by atoms with van der Waals surface area (Å²) < 4.78 is 26.4. The molecule has 0 radical (unpaired) electrons. The number of benzene rings is 3. The van der Waals surface area contributed by atoms with Crippen LogP contribution in [0.15, 0.2) is 70.2 Å². The molecule has 36 heavy (non-hydrogen) atoms. The van der Waals surface area contributed by atoms with Gasteiger partial charge in [-0.05, 0) is 64.8 Å². The zero-order chi connectivity index (χ0) is 25.7. The lowest BCUT2D eigenvalue weighted by Gasteiger charge is -2.14. The maximum atomic E-state index is 13.4. The highest BCUT2D eigenvalue weighted by atomic mass is 79.9. The van der Waals surface area contributed by atoms with Crippen molar-refractivity contribution in [2.24, 2.45) is 5.10 Å². The molecule has 0 bridgehead atoms. The second-order valence-electron chi connectivity index (χ2n) is 7.46. The molecule has 0 atom stereocenters. The lowest BCUT2D eigenvalue weighted by Crippen LogP contribution is -2.16. The van der Waals surface area contributed by atoms with Crippen LogP contribution < -0.4 is 14.9 Å². The van der Waals surface area contributed by atoms with E-state index in [-0.39, 0.29) is 18.1 Å². The summed E-state index contributed by atoms with van der Waals surface area (Å²) in [5, 5.41) is 15.6. The number of thiophene rings is 1. The number of amides is 1. The minimum atomic E-state index is -0.479. The normalized spacial score (nSPS) is 11.1. The number of hydrogen-bond donors (Lipinski definition) is 1. The fourth-order valence-corrected chi connectivity index (χ4v) is 4.65. The molecule has 3 aromatic carbocycles. The van der Waals surface area contributed by atoms with Crippen molar-refractivity contribution in [3.8, 4) is 11.5 Å². The second-order valence-corrected chi connectivity index (χ2v) is 9.40. The molecule has 4 rings (SSSR count). The van der Waals surface area contributed by atoms with Gasteiger partial charge in [0.25, 0.3) is 11.6 Å². The van der Waals surface area contributed by atoms with Crippen molar-refractivity contribution < 1.29 is 23.6 Å². The number of rotatable bonds is 9. The van der Waals surface area contributed by atoms with Gasteiger partial charge in [0.1, 0.15) is 12.4 Å². The van der Waals surface area contributed by atoms with E-state index in [1.54, 1.807) is 36.4 Å². The molecule has 184 valence electrons. The van der Waals surface area contributed by atoms with E-state index < -0.39 is 10.8 Å². The summed E-state index contributed by atoms with van der Waals surface area (Å²) in [5.74, 6) is 0.156. The molecule has 0 unspecified atom stereocenters. The third-order valence-corrected chi connectivity index (χ3v) is 6.75. The Morgan fingerprint density at radius 3 is 2.72 bits per heavy atom. The number of hydrazone groups is 1. The van der Waals surface area contributed by atoms with E-state index in [1.165, 1.54) is 41.8 Å². The quantitative estimate of drug-likeness (QED) is 0.141. The van der Waals surface area contributed by atoms with E-state index in [9.17, 15) is 19.3 Å². The molecule has 0 aliphatic carbocycles. The van der Waals surface area contributed by atoms with E-state index in [4.69, 9.17) is 9.47 Å². The molecular formula is C25H19BrFN3O5S. The number of nitro benzene ring substituents is 1. The van der Waals surface area contributed by atoms with Crippen molar-refractivity contribution in [3.63, 3.8) is 0 Å². The summed E-state index contributed by atoms with van der Waals surface area (Å²) in [6.45, 7) is 2.40. The molecule has 0 saturated carbocycles. The molecule has 0 fully saturated rings. The summed E-state index contributed by atoms with van der Waals surface area (Å²) >= 11 is 4.68. The topological polar surface area (TPSA) is 103 Å². The van der Waals surface area contributed by atoms with Gasteiger partial charge in [0.05, 0.1) is 22.6 Å². The van der Waals surface area contributed by atoms with E-state index in [2.05, 4.69) is 26.5 Å². The van der Waals surface area contributed by atoms with Crippen LogP contribution in [0.3, 0.4) is 0 Å². The first-order chi connectivity index (χ1) is 17.3. The van der Waals surface area contributed by atoms with Crippen molar-refractivity contribution >= 4 is 55.2 Å². The maximum absolute atomic E-state index is 13.4. The fraction of sp³-hybridized carbons (Fsp3) is 0.120. The largest absolute Gasteiger partial charge is 0.490 e. The van der Waals surface area contributed by atoms with Crippen LogP contribution in [-0.4, -0.2) is 23.7 Å². The molecule has 0 aliphatic rings. The highest BCUT2D eigenvalue weighted by Gasteiger charge is 2.14. The number of halogens is 2. The Kier molecular flexibility index (Phi) is 7.91. The van der Waals surface area contributed by atoms with Crippen molar-refractivity contribution in [1.82, 2.24) is 5.43 Å². The lowest BCUT2D eigenvalue weighted by atomic mass is 10.2. The average Bonchev–Trinajstić information content (AvgIpc) is 3.28. The number of nitro groups is 1. The summed E-state index contributed by atoms with van der Waals surface area (Å²) in [6, 6.07) is 15.6. The van der Waals surface area contributed by atoms with Crippen molar-refractivity contribution in [3.05, 3.63) is 97.1 Å². The molecule has 0 spiro atoms. The number of nitrogens with one attached hydrogen (secondary N) is 1. The number of fused-ring (bicyclic) bond motifs is 1. The Hall–Kier alpha value is -3.83. The van der Waals surface area contributed by atoms with Crippen LogP contribution in [0, 0.1) is 15.9 Å². The maximum Gasteiger partial charge on any atom is 0.281 e. The van der Waals surface area contributed by atoms with E-state index >= 15 is 0 Å². The van der Waals surface area contributed by atoms with Crippen molar-refractivity contribution in [2.45, 2.75) is 13.5 Å². The highest BCUT2D eigenvalue weighted by molar-refractivity contribution is 9.10. The zero-order valence-corrected chi connectivity index (χ0v) is 21.3. The number of carbonyl (C=O) groups excluding carboxylic acids is 1. The number of nitrogens with zero attached hydrogens (tertiary/aromatic N) is 2. The van der Waals surface area contributed by atoms with Crippen LogP contribution in [0.25, 0.3) is 10.1 Å². The van der Waals surface area contributed by atoms with Crippen molar-refractivity contribution in [2.75, 3.05) is 6.61 Å². The number of carbonyl (C=O) groups is 1. The Morgan fingerprint density at radius 1 is 1.17 bits per heavy atom. The summed E-state index contributed by atoms with van der Waals surface area (Å²) in [6.07, 6.45) is 1.46. The molecule has 8 nitrogen and oxygen atoms in total. The van der Waals surface area contributed by atoms with Gasteiger partial charge in [-0.2, -0.15) is 5.10 Å². The standard InChI is InChI=1S/C25H19BrFN3O5S/c1-2-34-21-10-17(20(26)12-22(21)35-14-15-4-3-5-18(27)8-15)13-28-29-25(31)24-11-16-9-19(30(32)33)6-7-23(16)36-24/h3-13H,2,14H2,1H3,(H,29,31)/b28-13-. The van der Waals surface area contributed by atoms with Crippen LogP contribution in [0.2, 0.25) is 0 Å². The highest BCUT2D eigenvalue weighted by Crippen LogP contribution is 2.34. The van der Waals surface area contributed by atoms with E-state index in [0.29, 0.717) is 44.0 Å². The minimum Gasteiger partial charge on any atom is -0.490 e. The lowest BCUT2D eigenvalue weighted by molar-refractivity contribution is -0.384. The molecule has 1 heterocycles. The summed E-state index contributed by atoms with van der Waals surface area (Å²) in [7, 11) is 0. The predicted octanol–water partition coefficient (Wildman–Crippen LogP) is 6.45. The number of ether oxygens (including phenoxy) is 2. The third-order valence-electron chi connectivity index (χ3n) is 4.95. The summed E-state index contributed by atoms with van der Waals surface area (Å²) in [5.41, 5.74) is 3.74. The first kappa shape index (κ1) is 25.3. The van der Waals surface area contributed by atoms with Crippen LogP contribution in [0.1, 0.15) is 27.7 Å². The zero-order valence-electron chi connectivity index (χ0n) is 18.9. The van der Waals surface area contributed by atoms with Crippen LogP contribution in [0.4, 0.5) is 10.1 Å². The van der Waals surface area contributed by atoms with Gasteiger partial charge < -0.3 is 9.47 Å². The number of hydrogen-bond acceptors (Lipinski definition) is 7. The van der Waals surface area contributed by atoms with E-state index in [1.807, 2.05) is 6.92 Å². The Labute approximate surface area is 217 Å². The van der Waals surface area contributed by atoms with Crippen LogP contribution in [-0.2, 0) is 6.61 Å². The summed E-state index contributed by atoms with van der Waals surface area (Å²) in [4.78, 5) is 23.4. The first-order valence-corrected chi connectivity index (χ1v) is 12.3. The van der Waals surface area contributed by atoms with Gasteiger partial charge in [-0.25, -0.2) is 9.82 Å². The molecule has 0 saturated heterocycles. The smallest absolute Gasteiger partial charge is 0.281 e. The molecular weight excluding hydrogens is 553 g/mol. The molecule has 1 amide bonds. The van der Waals surface area contributed by atoms with Crippen LogP contribution in [0.5, 0.6) is 11.5 Å². The first-order valence-electron chi connectivity index (χ1n) is 10.7. The van der Waals surface area contributed by atoms with Gasteiger partial charge in [-0.3, -0.25) is 14.9 Å². The molecule has 1 aromatic heterocycles. The Morgan fingerprint density at radius 2 is 1.97 bits per heavy atom. The predicted molar refractivity (Wildman–Crippen MR) is 140 cm³/mol. The molecule has 0 aliphatic heterocycles. The molecule has 4 aromatic rings. The van der Waals surface area contributed by atoms with Gasteiger partial charge in [0, 0.05) is 32.3 Å². The van der Waals surface area contributed by atoms with Gasteiger partial charge >= 0.3 is 0 Å². The van der Waals surface area contributed by atoms with Gasteiger partial charge in [-0.1, -0.05) is 12.1 Å². The van der Waals surface area contributed by atoms with Crippen LogP contribution >= 0.6 is 27.3 Å². The van der Waals surface area contributed by atoms with E-state index in [0.717, 1.165) is 4.70 Å². The monoisotopic (exact) mass is 571 g/mol. The average molecular weight is 572 g/mol. The van der Waals surface area contributed by atoms with Gasteiger partial charge in [0.2, 0.25) is 0 Å². The second kappa shape index (κ2) is 11.3. The number of non-ortho nitro benzene ring substituents is 1. The fourth-order valence-electron chi connectivity index (χ4n) is 3.29. The third kappa shape index (κ3) is 6.04. The Bertz CT molecular complexity index is 1470. The van der Waals surface area contributed by atoms with Crippen molar-refractivity contribution in [1.29, 1.82) is 0 Å². The Balaban J connectivity index is 1.47. The molecule has 11 heteroatoms.